The minimum absolute atomic E-state index is 0.0437. The molecule has 8 heteroatoms. The SMILES string of the molecule is CCc1ccc([C@H](C)NS(=O)(=O)c2ccc(OC)c(N3C(=O)CCC3=O)c2)cc1. The van der Waals surface area contributed by atoms with Gasteiger partial charge < -0.3 is 4.74 Å². The van der Waals surface area contributed by atoms with Crippen LogP contribution in [0.4, 0.5) is 5.69 Å². The first-order valence-corrected chi connectivity index (χ1v) is 10.9. The summed E-state index contributed by atoms with van der Waals surface area (Å²) in [5.41, 5.74) is 2.15. The van der Waals surface area contributed by atoms with Gasteiger partial charge in [0.05, 0.1) is 17.7 Å². The van der Waals surface area contributed by atoms with Crippen LogP contribution in [0, 0.1) is 0 Å². The average molecular weight is 416 g/mol. The molecule has 0 unspecified atom stereocenters. The highest BCUT2D eigenvalue weighted by molar-refractivity contribution is 7.89. The molecule has 29 heavy (non-hydrogen) atoms. The van der Waals surface area contributed by atoms with Crippen LogP contribution < -0.4 is 14.4 Å². The highest BCUT2D eigenvalue weighted by Gasteiger charge is 2.33. The van der Waals surface area contributed by atoms with Crippen molar-refractivity contribution < 1.29 is 22.7 Å². The number of aryl methyl sites for hydroxylation is 1. The Morgan fingerprint density at radius 2 is 1.69 bits per heavy atom. The molecule has 0 bridgehead atoms. The maximum atomic E-state index is 12.9. The van der Waals surface area contributed by atoms with Crippen molar-refractivity contribution in [2.24, 2.45) is 0 Å². The number of rotatable bonds is 7. The molecular weight excluding hydrogens is 392 g/mol. The van der Waals surface area contributed by atoms with Crippen LogP contribution in [-0.2, 0) is 26.0 Å². The lowest BCUT2D eigenvalue weighted by Gasteiger charge is -2.20. The lowest BCUT2D eigenvalue weighted by atomic mass is 10.1. The van der Waals surface area contributed by atoms with Crippen LogP contribution in [0.1, 0.15) is 43.9 Å². The van der Waals surface area contributed by atoms with E-state index in [-0.39, 0.29) is 41.0 Å². The molecule has 2 amide bonds. The predicted octanol–water partition coefficient (Wildman–Crippen LogP) is 2.95. The molecule has 1 aliphatic heterocycles. The van der Waals surface area contributed by atoms with Gasteiger partial charge >= 0.3 is 0 Å². The molecule has 1 aliphatic rings. The van der Waals surface area contributed by atoms with Crippen molar-refractivity contribution in [2.75, 3.05) is 12.0 Å². The van der Waals surface area contributed by atoms with E-state index in [2.05, 4.69) is 11.6 Å². The first kappa shape index (κ1) is 21.0. The number of imide groups is 1. The Balaban J connectivity index is 1.91. The van der Waals surface area contributed by atoms with Gasteiger partial charge in [-0.3, -0.25) is 9.59 Å². The van der Waals surface area contributed by atoms with E-state index in [1.54, 1.807) is 6.92 Å². The molecule has 1 atom stereocenters. The van der Waals surface area contributed by atoms with E-state index in [0.717, 1.165) is 16.9 Å². The second-order valence-electron chi connectivity index (χ2n) is 6.89. The zero-order chi connectivity index (χ0) is 21.2. The minimum atomic E-state index is -3.89. The highest BCUT2D eigenvalue weighted by Crippen LogP contribution is 2.34. The molecule has 1 N–H and O–H groups in total. The molecule has 0 saturated carbocycles. The zero-order valence-electron chi connectivity index (χ0n) is 16.6. The molecule has 1 saturated heterocycles. The summed E-state index contributed by atoms with van der Waals surface area (Å²) in [6, 6.07) is 11.4. The summed E-state index contributed by atoms with van der Waals surface area (Å²) in [6.45, 7) is 3.81. The Labute approximate surface area is 170 Å². The molecule has 154 valence electrons. The summed E-state index contributed by atoms with van der Waals surface area (Å²) in [7, 11) is -2.49. The zero-order valence-corrected chi connectivity index (χ0v) is 17.5. The van der Waals surface area contributed by atoms with Crippen LogP contribution in [0.15, 0.2) is 47.4 Å². The third-order valence-corrected chi connectivity index (χ3v) is 6.51. The van der Waals surface area contributed by atoms with Crippen LogP contribution in [0.3, 0.4) is 0 Å². The van der Waals surface area contributed by atoms with E-state index in [0.29, 0.717) is 0 Å². The Hall–Kier alpha value is -2.71. The minimum Gasteiger partial charge on any atom is -0.495 e. The summed E-state index contributed by atoms with van der Waals surface area (Å²) in [6.07, 6.45) is 1.10. The normalized spacial score (nSPS) is 15.6. The first-order valence-electron chi connectivity index (χ1n) is 9.41. The molecule has 3 rings (SSSR count). The number of hydrogen-bond donors (Lipinski definition) is 1. The van der Waals surface area contributed by atoms with E-state index < -0.39 is 16.1 Å². The number of ether oxygens (including phenoxy) is 1. The van der Waals surface area contributed by atoms with Gasteiger partial charge in [0, 0.05) is 18.9 Å². The molecule has 0 aromatic heterocycles. The van der Waals surface area contributed by atoms with Crippen LogP contribution in [-0.4, -0.2) is 27.3 Å². The van der Waals surface area contributed by atoms with Gasteiger partial charge in [0.2, 0.25) is 21.8 Å². The maximum absolute atomic E-state index is 12.9. The number of benzene rings is 2. The summed E-state index contributed by atoms with van der Waals surface area (Å²) in [5.74, 6) is -0.490. The smallest absolute Gasteiger partial charge is 0.241 e. The quantitative estimate of drug-likeness (QED) is 0.701. The Kier molecular flexibility index (Phi) is 6.04. The van der Waals surface area contributed by atoms with E-state index in [1.165, 1.54) is 30.9 Å². The average Bonchev–Trinajstić information content (AvgIpc) is 3.05. The largest absolute Gasteiger partial charge is 0.495 e. The molecule has 2 aromatic rings. The Bertz CT molecular complexity index is 1020. The summed E-state index contributed by atoms with van der Waals surface area (Å²) < 4.78 is 33.7. The van der Waals surface area contributed by atoms with Gasteiger partial charge in [-0.25, -0.2) is 18.0 Å². The third kappa shape index (κ3) is 4.33. The van der Waals surface area contributed by atoms with Gasteiger partial charge in [0.1, 0.15) is 5.75 Å². The second kappa shape index (κ2) is 8.34. The Morgan fingerprint density at radius 3 is 2.24 bits per heavy atom. The molecular formula is C21H24N2O5S. The standard InChI is InChI=1S/C21H24N2O5S/c1-4-15-5-7-16(8-6-15)14(2)22-29(26,27)17-9-10-19(28-3)18(13-17)23-20(24)11-12-21(23)25/h5-10,13-14,22H,4,11-12H2,1-3H3/t14-/m0/s1. The highest BCUT2D eigenvalue weighted by atomic mass is 32.2. The van der Waals surface area contributed by atoms with Gasteiger partial charge in [-0.1, -0.05) is 31.2 Å². The van der Waals surface area contributed by atoms with Crippen molar-refractivity contribution in [1.29, 1.82) is 0 Å². The fourth-order valence-electron chi connectivity index (χ4n) is 3.27. The molecule has 0 spiro atoms. The molecule has 7 nitrogen and oxygen atoms in total. The van der Waals surface area contributed by atoms with E-state index >= 15 is 0 Å². The van der Waals surface area contributed by atoms with Gasteiger partial charge in [0.15, 0.2) is 0 Å². The van der Waals surface area contributed by atoms with E-state index in [9.17, 15) is 18.0 Å². The third-order valence-electron chi connectivity index (χ3n) is 4.97. The number of amides is 2. The summed E-state index contributed by atoms with van der Waals surface area (Å²) in [5, 5.41) is 0. The lowest BCUT2D eigenvalue weighted by molar-refractivity contribution is -0.121. The molecule has 1 heterocycles. The maximum Gasteiger partial charge on any atom is 0.241 e. The van der Waals surface area contributed by atoms with Crippen molar-refractivity contribution >= 4 is 27.5 Å². The van der Waals surface area contributed by atoms with Crippen LogP contribution in [0.25, 0.3) is 0 Å². The fourth-order valence-corrected chi connectivity index (χ4v) is 4.52. The van der Waals surface area contributed by atoms with Crippen LogP contribution >= 0.6 is 0 Å². The molecule has 0 aliphatic carbocycles. The van der Waals surface area contributed by atoms with E-state index in [1.807, 2.05) is 24.3 Å². The van der Waals surface area contributed by atoms with Crippen molar-refractivity contribution in [3.05, 3.63) is 53.6 Å². The first-order chi connectivity index (χ1) is 13.8. The van der Waals surface area contributed by atoms with Gasteiger partial charge in [-0.05, 0) is 42.7 Å². The molecule has 2 aromatic carbocycles. The van der Waals surface area contributed by atoms with Crippen molar-refractivity contribution in [2.45, 2.75) is 44.0 Å². The topological polar surface area (TPSA) is 92.8 Å². The summed E-state index contributed by atoms with van der Waals surface area (Å²) in [4.78, 5) is 25.2. The number of nitrogens with zero attached hydrogens (tertiary/aromatic N) is 1. The Morgan fingerprint density at radius 1 is 1.07 bits per heavy atom. The summed E-state index contributed by atoms with van der Waals surface area (Å²) >= 11 is 0. The van der Waals surface area contributed by atoms with Gasteiger partial charge in [-0.2, -0.15) is 0 Å². The van der Waals surface area contributed by atoms with Crippen molar-refractivity contribution in [3.8, 4) is 5.75 Å². The number of anilines is 1. The number of carbonyl (C=O) groups excluding carboxylic acids is 2. The number of hydrogen-bond acceptors (Lipinski definition) is 5. The van der Waals surface area contributed by atoms with Crippen molar-refractivity contribution in [3.63, 3.8) is 0 Å². The van der Waals surface area contributed by atoms with Gasteiger partial charge in [-0.15, -0.1) is 0 Å². The number of methoxy groups -OCH3 is 1. The molecule has 1 fully saturated rings. The van der Waals surface area contributed by atoms with E-state index in [4.69, 9.17) is 4.74 Å². The lowest BCUT2D eigenvalue weighted by Crippen LogP contribution is -2.30. The van der Waals surface area contributed by atoms with Gasteiger partial charge in [0.25, 0.3) is 0 Å². The van der Waals surface area contributed by atoms with Crippen LogP contribution in [0.2, 0.25) is 0 Å². The number of carbonyl (C=O) groups is 2. The predicted molar refractivity (Wildman–Crippen MR) is 109 cm³/mol. The van der Waals surface area contributed by atoms with Crippen molar-refractivity contribution in [1.82, 2.24) is 4.72 Å². The monoisotopic (exact) mass is 416 g/mol. The number of nitrogens with one attached hydrogen (secondary N) is 1. The molecule has 0 radical (unpaired) electrons. The number of sulfonamides is 1. The van der Waals surface area contributed by atoms with Crippen LogP contribution in [0.5, 0.6) is 5.75 Å². The fraction of sp³-hybridized carbons (Fsp3) is 0.333. The second-order valence-corrected chi connectivity index (χ2v) is 8.61.